The van der Waals surface area contributed by atoms with Crippen molar-refractivity contribution in [1.82, 2.24) is 15.1 Å². The first kappa shape index (κ1) is 17.7. The van der Waals surface area contributed by atoms with Crippen LogP contribution in [0.2, 0.25) is 0 Å². The van der Waals surface area contributed by atoms with Crippen LogP contribution in [0.1, 0.15) is 53.6 Å². The molecular formula is C18H24N4O2. The van der Waals surface area contributed by atoms with E-state index in [1.54, 1.807) is 23.0 Å². The number of carbonyl (C=O) groups excluding carboxylic acids is 2. The van der Waals surface area contributed by atoms with E-state index in [0.717, 1.165) is 12.8 Å². The third-order valence-electron chi connectivity index (χ3n) is 3.71. The molecule has 0 atom stereocenters. The van der Waals surface area contributed by atoms with Gasteiger partial charge in [0.1, 0.15) is 0 Å². The molecule has 0 spiro atoms. The van der Waals surface area contributed by atoms with Crippen LogP contribution in [0.15, 0.2) is 30.5 Å². The summed E-state index contributed by atoms with van der Waals surface area (Å²) in [4.78, 5) is 24.6. The summed E-state index contributed by atoms with van der Waals surface area (Å²) in [6.07, 6.45) is 3.44. The second-order valence-corrected chi connectivity index (χ2v) is 5.51. The van der Waals surface area contributed by atoms with Crippen molar-refractivity contribution in [2.24, 2.45) is 0 Å². The lowest BCUT2D eigenvalue weighted by molar-refractivity contribution is 0.0948. The molecule has 0 unspecified atom stereocenters. The maximum absolute atomic E-state index is 12.4. The van der Waals surface area contributed by atoms with E-state index in [1.165, 1.54) is 5.56 Å². The minimum Gasteiger partial charge on any atom is -0.351 e. The molecule has 0 aliphatic heterocycles. The van der Waals surface area contributed by atoms with Gasteiger partial charge in [-0.25, -0.2) is 0 Å². The summed E-state index contributed by atoms with van der Waals surface area (Å²) in [5, 5.41) is 9.83. The van der Waals surface area contributed by atoms with Crippen molar-refractivity contribution >= 4 is 17.5 Å². The average Bonchev–Trinajstić information content (AvgIpc) is 3.02. The number of nitrogens with zero attached hydrogens (tertiary/aromatic N) is 2. The molecular weight excluding hydrogens is 304 g/mol. The highest BCUT2D eigenvalue weighted by Crippen LogP contribution is 2.16. The normalized spacial score (nSPS) is 10.5. The van der Waals surface area contributed by atoms with Gasteiger partial charge >= 0.3 is 0 Å². The zero-order chi connectivity index (χ0) is 17.5. The molecule has 1 aromatic carbocycles. The summed E-state index contributed by atoms with van der Waals surface area (Å²) >= 11 is 0. The summed E-state index contributed by atoms with van der Waals surface area (Å²) in [5.41, 5.74) is 2.39. The highest BCUT2D eigenvalue weighted by molar-refractivity contribution is 6.08. The smallest absolute Gasteiger partial charge is 0.273 e. The molecule has 2 N–H and O–H groups in total. The zero-order valence-corrected chi connectivity index (χ0v) is 14.4. The van der Waals surface area contributed by atoms with Gasteiger partial charge in [-0.1, -0.05) is 26.0 Å². The number of carbonyl (C=O) groups is 2. The molecule has 6 nitrogen and oxygen atoms in total. The first-order chi connectivity index (χ1) is 11.6. The summed E-state index contributed by atoms with van der Waals surface area (Å²) < 4.78 is 1.64. The maximum Gasteiger partial charge on any atom is 0.273 e. The summed E-state index contributed by atoms with van der Waals surface area (Å²) in [6.45, 7) is 7.16. The fraction of sp³-hybridized carbons (Fsp3) is 0.389. The van der Waals surface area contributed by atoms with Crippen LogP contribution in [0.25, 0.3) is 0 Å². The molecule has 1 heterocycles. The molecule has 0 bridgehead atoms. The van der Waals surface area contributed by atoms with Crippen molar-refractivity contribution in [3.05, 3.63) is 47.3 Å². The fourth-order valence-electron chi connectivity index (χ4n) is 2.25. The van der Waals surface area contributed by atoms with E-state index < -0.39 is 0 Å². The van der Waals surface area contributed by atoms with Crippen molar-refractivity contribution < 1.29 is 9.59 Å². The molecule has 6 heteroatoms. The van der Waals surface area contributed by atoms with Crippen LogP contribution in [0.3, 0.4) is 0 Å². The lowest BCUT2D eigenvalue weighted by Crippen LogP contribution is -2.26. The standard InChI is InChI=1S/C18H24N4O2/c1-4-11-19-18(24)16-15(12-22(6-3)21-16)20-17(23)14-9-7-13(5-2)8-10-14/h7-10,12H,4-6,11H2,1-3H3,(H,19,24)(H,20,23). The van der Waals surface area contributed by atoms with Crippen molar-refractivity contribution in [3.8, 4) is 0 Å². The Morgan fingerprint density at radius 1 is 1.08 bits per heavy atom. The summed E-state index contributed by atoms with van der Waals surface area (Å²) in [6, 6.07) is 7.43. The molecule has 0 fully saturated rings. The Labute approximate surface area is 142 Å². The number of hydrogen-bond acceptors (Lipinski definition) is 3. The number of nitrogens with one attached hydrogen (secondary N) is 2. The zero-order valence-electron chi connectivity index (χ0n) is 14.4. The van der Waals surface area contributed by atoms with Gasteiger partial charge in [0, 0.05) is 24.8 Å². The van der Waals surface area contributed by atoms with Gasteiger partial charge < -0.3 is 10.6 Å². The van der Waals surface area contributed by atoms with Crippen molar-refractivity contribution in [1.29, 1.82) is 0 Å². The number of anilines is 1. The first-order valence-corrected chi connectivity index (χ1v) is 8.34. The third-order valence-corrected chi connectivity index (χ3v) is 3.71. The van der Waals surface area contributed by atoms with Gasteiger partial charge in [-0.2, -0.15) is 5.10 Å². The highest BCUT2D eigenvalue weighted by atomic mass is 16.2. The number of hydrogen-bond donors (Lipinski definition) is 2. The van der Waals surface area contributed by atoms with Crippen LogP contribution in [0.5, 0.6) is 0 Å². The van der Waals surface area contributed by atoms with Gasteiger partial charge in [-0.15, -0.1) is 0 Å². The molecule has 0 saturated heterocycles. The molecule has 0 radical (unpaired) electrons. The Morgan fingerprint density at radius 2 is 1.79 bits per heavy atom. The predicted octanol–water partition coefficient (Wildman–Crippen LogP) is 2.86. The number of aromatic nitrogens is 2. The Bertz CT molecular complexity index is 704. The molecule has 2 aromatic rings. The van der Waals surface area contributed by atoms with Crippen molar-refractivity contribution in [2.75, 3.05) is 11.9 Å². The number of aryl methyl sites for hydroxylation is 2. The van der Waals surface area contributed by atoms with Crippen molar-refractivity contribution in [3.63, 3.8) is 0 Å². The van der Waals surface area contributed by atoms with Gasteiger partial charge in [0.2, 0.25) is 0 Å². The topological polar surface area (TPSA) is 76.0 Å². The maximum atomic E-state index is 12.4. The average molecular weight is 328 g/mol. The van der Waals surface area contributed by atoms with E-state index in [4.69, 9.17) is 0 Å². The van der Waals surface area contributed by atoms with Gasteiger partial charge in [0.15, 0.2) is 5.69 Å². The second-order valence-electron chi connectivity index (χ2n) is 5.51. The summed E-state index contributed by atoms with van der Waals surface area (Å²) in [5.74, 6) is -0.529. The van der Waals surface area contributed by atoms with E-state index in [-0.39, 0.29) is 17.5 Å². The van der Waals surface area contributed by atoms with Crippen LogP contribution < -0.4 is 10.6 Å². The van der Waals surface area contributed by atoms with E-state index in [2.05, 4.69) is 22.7 Å². The van der Waals surface area contributed by atoms with Gasteiger partial charge in [-0.05, 0) is 37.5 Å². The van der Waals surface area contributed by atoms with Crippen LogP contribution in [0.4, 0.5) is 5.69 Å². The van der Waals surface area contributed by atoms with Gasteiger partial charge in [0.05, 0.1) is 5.69 Å². The minimum atomic E-state index is -0.277. The Morgan fingerprint density at radius 3 is 2.38 bits per heavy atom. The largest absolute Gasteiger partial charge is 0.351 e. The monoisotopic (exact) mass is 328 g/mol. The van der Waals surface area contributed by atoms with E-state index in [1.807, 2.05) is 26.0 Å². The second kappa shape index (κ2) is 8.29. The number of benzene rings is 1. The lowest BCUT2D eigenvalue weighted by Gasteiger charge is -2.06. The molecule has 2 rings (SSSR count). The van der Waals surface area contributed by atoms with Crippen LogP contribution in [-0.4, -0.2) is 28.1 Å². The van der Waals surface area contributed by atoms with Crippen molar-refractivity contribution in [2.45, 2.75) is 40.2 Å². The Balaban J connectivity index is 2.19. The lowest BCUT2D eigenvalue weighted by atomic mass is 10.1. The number of rotatable bonds is 7. The molecule has 128 valence electrons. The van der Waals surface area contributed by atoms with Crippen LogP contribution in [0, 0.1) is 0 Å². The predicted molar refractivity (Wildman–Crippen MR) is 94.3 cm³/mol. The summed E-state index contributed by atoms with van der Waals surface area (Å²) in [7, 11) is 0. The quantitative estimate of drug-likeness (QED) is 0.820. The molecule has 24 heavy (non-hydrogen) atoms. The highest BCUT2D eigenvalue weighted by Gasteiger charge is 2.18. The van der Waals surface area contributed by atoms with Crippen LogP contribution >= 0.6 is 0 Å². The molecule has 0 saturated carbocycles. The van der Waals surface area contributed by atoms with E-state index in [0.29, 0.717) is 24.3 Å². The van der Waals surface area contributed by atoms with Gasteiger partial charge in [-0.3, -0.25) is 14.3 Å². The Kier molecular flexibility index (Phi) is 6.12. The van der Waals surface area contributed by atoms with E-state index in [9.17, 15) is 9.59 Å². The van der Waals surface area contributed by atoms with Crippen LogP contribution in [-0.2, 0) is 13.0 Å². The molecule has 2 amide bonds. The number of amides is 2. The minimum absolute atomic E-state index is 0.240. The molecule has 0 aliphatic carbocycles. The fourth-order valence-corrected chi connectivity index (χ4v) is 2.25. The molecule has 0 aliphatic rings. The van der Waals surface area contributed by atoms with Gasteiger partial charge in [0.25, 0.3) is 11.8 Å². The SMILES string of the molecule is CCCNC(=O)c1nn(CC)cc1NC(=O)c1ccc(CC)cc1. The van der Waals surface area contributed by atoms with E-state index >= 15 is 0 Å². The molecule has 1 aromatic heterocycles. The third kappa shape index (κ3) is 4.22. The first-order valence-electron chi connectivity index (χ1n) is 8.34. The Hall–Kier alpha value is -2.63.